The van der Waals surface area contributed by atoms with Crippen LogP contribution in [0.3, 0.4) is 0 Å². The topological polar surface area (TPSA) is 46.5 Å². The minimum atomic E-state index is -1.08. The van der Waals surface area contributed by atoms with Crippen LogP contribution in [0, 0.1) is 11.6 Å². The lowest BCUT2D eigenvalue weighted by Crippen LogP contribution is -2.18. The molecule has 3 nitrogen and oxygen atoms in total. The molecule has 2 rings (SSSR count). The van der Waals surface area contributed by atoms with Gasteiger partial charge in [-0.15, -0.1) is 0 Å². The van der Waals surface area contributed by atoms with Crippen LogP contribution in [-0.2, 0) is 15.1 Å². The molecule has 0 bridgehead atoms. The molecule has 0 radical (unpaired) electrons. The number of halogens is 2. The van der Waals surface area contributed by atoms with Gasteiger partial charge >= 0.3 is 5.97 Å². The molecule has 0 aromatic heterocycles. The molecule has 1 aromatic carbocycles. The summed E-state index contributed by atoms with van der Waals surface area (Å²) in [6.07, 6.45) is 1.26. The SMILES string of the molecule is O=C(O)COC1(c2ccc(F)c(F)c2)CC1. The molecule has 1 aliphatic rings. The van der Waals surface area contributed by atoms with Gasteiger partial charge in [0.1, 0.15) is 6.61 Å². The van der Waals surface area contributed by atoms with Crippen molar-refractivity contribution in [1.82, 2.24) is 0 Å². The third-order valence-corrected chi connectivity index (χ3v) is 2.62. The van der Waals surface area contributed by atoms with Gasteiger partial charge in [-0.3, -0.25) is 0 Å². The van der Waals surface area contributed by atoms with E-state index in [9.17, 15) is 13.6 Å². The molecule has 0 spiro atoms. The monoisotopic (exact) mass is 228 g/mol. The van der Waals surface area contributed by atoms with E-state index in [1.807, 2.05) is 0 Å². The van der Waals surface area contributed by atoms with Crippen molar-refractivity contribution in [3.05, 3.63) is 35.4 Å². The van der Waals surface area contributed by atoms with Gasteiger partial charge in [0, 0.05) is 0 Å². The summed E-state index contributed by atoms with van der Waals surface area (Å²) >= 11 is 0. The van der Waals surface area contributed by atoms with Crippen LogP contribution in [0.25, 0.3) is 0 Å². The van der Waals surface area contributed by atoms with Crippen LogP contribution in [0.1, 0.15) is 18.4 Å². The first kappa shape index (κ1) is 11.0. The van der Waals surface area contributed by atoms with Crippen LogP contribution < -0.4 is 0 Å². The van der Waals surface area contributed by atoms with Gasteiger partial charge in [0.05, 0.1) is 5.60 Å². The van der Waals surface area contributed by atoms with Gasteiger partial charge in [-0.25, -0.2) is 13.6 Å². The number of hydrogen-bond acceptors (Lipinski definition) is 2. The number of ether oxygens (including phenoxy) is 1. The van der Waals surface area contributed by atoms with E-state index in [2.05, 4.69) is 0 Å². The normalized spacial score (nSPS) is 17.1. The average Bonchev–Trinajstić information content (AvgIpc) is 3.00. The van der Waals surface area contributed by atoms with E-state index in [1.54, 1.807) is 0 Å². The first-order valence-corrected chi connectivity index (χ1v) is 4.85. The maximum absolute atomic E-state index is 13.0. The highest BCUT2D eigenvalue weighted by molar-refractivity contribution is 5.68. The Balaban J connectivity index is 2.16. The predicted octanol–water partition coefficient (Wildman–Crippen LogP) is 2.06. The van der Waals surface area contributed by atoms with E-state index in [4.69, 9.17) is 9.84 Å². The quantitative estimate of drug-likeness (QED) is 0.857. The van der Waals surface area contributed by atoms with Crippen molar-refractivity contribution in [2.45, 2.75) is 18.4 Å². The predicted molar refractivity (Wildman–Crippen MR) is 50.9 cm³/mol. The van der Waals surface area contributed by atoms with Gasteiger partial charge in [0.2, 0.25) is 0 Å². The van der Waals surface area contributed by atoms with Gasteiger partial charge in [0.25, 0.3) is 0 Å². The number of aliphatic carboxylic acids is 1. The van der Waals surface area contributed by atoms with Crippen LogP contribution in [0.4, 0.5) is 8.78 Å². The third kappa shape index (κ3) is 2.04. The minimum Gasteiger partial charge on any atom is -0.480 e. The molecule has 1 saturated carbocycles. The second kappa shape index (κ2) is 3.83. The second-order valence-electron chi connectivity index (χ2n) is 3.81. The van der Waals surface area contributed by atoms with E-state index < -0.39 is 29.8 Å². The molecule has 5 heteroatoms. The van der Waals surface area contributed by atoms with Crippen LogP contribution in [0.2, 0.25) is 0 Å². The summed E-state index contributed by atoms with van der Waals surface area (Å²) < 4.78 is 30.9. The molecule has 0 atom stereocenters. The number of hydrogen-bond donors (Lipinski definition) is 1. The number of carboxylic acids is 1. The lowest BCUT2D eigenvalue weighted by atomic mass is 10.1. The second-order valence-corrected chi connectivity index (χ2v) is 3.81. The Labute approximate surface area is 90.7 Å². The molecule has 86 valence electrons. The van der Waals surface area contributed by atoms with Crippen LogP contribution in [0.5, 0.6) is 0 Å². The summed E-state index contributed by atoms with van der Waals surface area (Å²) in [7, 11) is 0. The standard InChI is InChI=1S/C11H10F2O3/c12-8-2-1-7(5-9(8)13)11(3-4-11)16-6-10(14)15/h1-2,5H,3-4,6H2,(H,14,15). The molecule has 0 amide bonds. The Morgan fingerprint density at radius 3 is 2.56 bits per heavy atom. The lowest BCUT2D eigenvalue weighted by molar-refractivity contribution is -0.145. The van der Waals surface area contributed by atoms with Crippen molar-refractivity contribution in [3.63, 3.8) is 0 Å². The van der Waals surface area contributed by atoms with Gasteiger partial charge in [0.15, 0.2) is 11.6 Å². The summed E-state index contributed by atoms with van der Waals surface area (Å²) in [4.78, 5) is 10.4. The number of carbonyl (C=O) groups is 1. The highest BCUT2D eigenvalue weighted by Gasteiger charge is 2.46. The van der Waals surface area contributed by atoms with Gasteiger partial charge < -0.3 is 9.84 Å². The smallest absolute Gasteiger partial charge is 0.329 e. The molecule has 1 fully saturated rings. The maximum atomic E-state index is 13.0. The van der Waals surface area contributed by atoms with Gasteiger partial charge in [-0.2, -0.15) is 0 Å². The molecule has 1 N–H and O–H groups in total. The number of rotatable bonds is 4. The summed E-state index contributed by atoms with van der Waals surface area (Å²) in [5, 5.41) is 8.49. The molecular formula is C11H10F2O3. The minimum absolute atomic E-state index is 0.432. The van der Waals surface area contributed by atoms with E-state index in [0.29, 0.717) is 18.4 Å². The number of benzene rings is 1. The third-order valence-electron chi connectivity index (χ3n) is 2.62. The molecule has 16 heavy (non-hydrogen) atoms. The summed E-state index contributed by atoms with van der Waals surface area (Å²) in [6.45, 7) is -0.432. The fourth-order valence-electron chi connectivity index (χ4n) is 1.61. The zero-order valence-corrected chi connectivity index (χ0v) is 8.37. The highest BCUT2D eigenvalue weighted by atomic mass is 19.2. The largest absolute Gasteiger partial charge is 0.480 e. The van der Waals surface area contributed by atoms with Crippen molar-refractivity contribution >= 4 is 5.97 Å². The average molecular weight is 228 g/mol. The summed E-state index contributed by atoms with van der Waals surface area (Å²) in [6, 6.07) is 3.51. The van der Waals surface area contributed by atoms with Crippen LogP contribution in [-0.4, -0.2) is 17.7 Å². The first-order chi connectivity index (χ1) is 7.53. The van der Waals surface area contributed by atoms with Crippen LogP contribution in [0.15, 0.2) is 18.2 Å². The Morgan fingerprint density at radius 1 is 1.38 bits per heavy atom. The van der Waals surface area contributed by atoms with Crippen molar-refractivity contribution in [2.75, 3.05) is 6.61 Å². The fraction of sp³-hybridized carbons (Fsp3) is 0.364. The Kier molecular flexibility index (Phi) is 2.63. The van der Waals surface area contributed by atoms with Crippen LogP contribution >= 0.6 is 0 Å². The molecule has 1 aromatic rings. The Hall–Kier alpha value is -1.49. The van der Waals surface area contributed by atoms with Crippen molar-refractivity contribution in [3.8, 4) is 0 Å². The Morgan fingerprint density at radius 2 is 2.06 bits per heavy atom. The molecular weight excluding hydrogens is 218 g/mol. The fourth-order valence-corrected chi connectivity index (χ4v) is 1.61. The van der Waals surface area contributed by atoms with E-state index in [0.717, 1.165) is 12.1 Å². The van der Waals surface area contributed by atoms with Crippen molar-refractivity contribution in [2.24, 2.45) is 0 Å². The van der Waals surface area contributed by atoms with E-state index >= 15 is 0 Å². The molecule has 0 saturated heterocycles. The highest BCUT2D eigenvalue weighted by Crippen LogP contribution is 2.49. The van der Waals surface area contributed by atoms with Gasteiger partial charge in [-0.1, -0.05) is 6.07 Å². The Bertz CT molecular complexity index is 427. The van der Waals surface area contributed by atoms with Gasteiger partial charge in [-0.05, 0) is 30.5 Å². The zero-order valence-electron chi connectivity index (χ0n) is 8.37. The maximum Gasteiger partial charge on any atom is 0.329 e. The molecule has 1 aliphatic carbocycles. The lowest BCUT2D eigenvalue weighted by Gasteiger charge is -2.15. The van der Waals surface area contributed by atoms with E-state index in [1.165, 1.54) is 6.07 Å². The van der Waals surface area contributed by atoms with Crippen molar-refractivity contribution in [1.29, 1.82) is 0 Å². The number of carboxylic acid groups (broad SMARTS) is 1. The van der Waals surface area contributed by atoms with E-state index in [-0.39, 0.29) is 0 Å². The molecule has 0 heterocycles. The first-order valence-electron chi connectivity index (χ1n) is 4.85. The summed E-state index contributed by atoms with van der Waals surface area (Å²) in [5.41, 5.74) is -0.236. The molecule has 0 unspecified atom stereocenters. The summed E-state index contributed by atoms with van der Waals surface area (Å²) in [5.74, 6) is -2.94. The molecule has 0 aliphatic heterocycles. The van der Waals surface area contributed by atoms with Crippen molar-refractivity contribution < 1.29 is 23.4 Å². The zero-order chi connectivity index (χ0) is 11.8.